The number of benzene rings is 3. The predicted octanol–water partition coefficient (Wildman–Crippen LogP) is 6.01. The van der Waals surface area contributed by atoms with Gasteiger partial charge in [0.2, 0.25) is 23.6 Å². The molecule has 3 N–H and O–H groups in total. The number of anilines is 4. The van der Waals surface area contributed by atoms with E-state index in [2.05, 4.69) is 37.9 Å². The highest BCUT2D eigenvalue weighted by Gasteiger charge is 2.36. The van der Waals surface area contributed by atoms with E-state index in [1.807, 2.05) is 17.0 Å². The number of pyridine rings is 1. The Balaban J connectivity index is 0.742. The Morgan fingerprint density at radius 3 is 2.15 bits per heavy atom. The Labute approximate surface area is 410 Å². The molecular formula is C54H62FN9O7. The highest BCUT2D eigenvalue weighted by Crippen LogP contribution is 2.36. The van der Waals surface area contributed by atoms with E-state index in [-0.39, 0.29) is 75.4 Å². The lowest BCUT2D eigenvalue weighted by atomic mass is 9.80. The Kier molecular flexibility index (Phi) is 13.3. The molecule has 372 valence electrons. The van der Waals surface area contributed by atoms with E-state index in [1.165, 1.54) is 26.8 Å². The van der Waals surface area contributed by atoms with Crippen molar-refractivity contribution in [3.8, 4) is 5.69 Å². The van der Waals surface area contributed by atoms with Gasteiger partial charge in [-0.1, -0.05) is 24.3 Å². The maximum Gasteiger partial charge on any atom is 0.336 e. The number of imide groups is 1. The van der Waals surface area contributed by atoms with E-state index >= 15 is 4.39 Å². The molecule has 17 heteroatoms. The Bertz CT molecular complexity index is 3120. The molecule has 0 spiro atoms. The molecule has 3 aromatic carbocycles. The van der Waals surface area contributed by atoms with E-state index in [9.17, 15) is 33.6 Å². The zero-order valence-corrected chi connectivity index (χ0v) is 40.7. The monoisotopic (exact) mass is 967 g/mol. The lowest BCUT2D eigenvalue weighted by molar-refractivity contribution is -0.139. The van der Waals surface area contributed by atoms with Crippen molar-refractivity contribution in [1.82, 2.24) is 28.8 Å². The van der Waals surface area contributed by atoms with Gasteiger partial charge in [0.25, 0.3) is 11.1 Å². The van der Waals surface area contributed by atoms with Crippen LogP contribution in [0.1, 0.15) is 92.9 Å². The molecule has 0 bridgehead atoms. The summed E-state index contributed by atoms with van der Waals surface area (Å²) in [7, 11) is 1.50. The van der Waals surface area contributed by atoms with Crippen LogP contribution in [-0.4, -0.2) is 92.9 Å². The molecule has 1 atom stereocenters. The van der Waals surface area contributed by atoms with E-state index < -0.39 is 22.6 Å². The van der Waals surface area contributed by atoms with Crippen LogP contribution in [-0.2, 0) is 26.2 Å². The Hall–Kier alpha value is -6.88. The molecule has 2 aliphatic carbocycles. The second-order valence-corrected chi connectivity index (χ2v) is 20.4. The molecule has 5 aliphatic rings. The molecule has 0 radical (unpaired) electrons. The number of halogens is 1. The van der Waals surface area contributed by atoms with Crippen molar-refractivity contribution in [3.05, 3.63) is 120 Å². The number of nitrogens with zero attached hydrogens (tertiary/aromatic N) is 6. The minimum Gasteiger partial charge on any atom is -0.372 e. The third kappa shape index (κ3) is 9.67. The van der Waals surface area contributed by atoms with Gasteiger partial charge in [0.05, 0.1) is 22.8 Å². The van der Waals surface area contributed by atoms with Crippen molar-refractivity contribution in [3.63, 3.8) is 0 Å². The maximum atomic E-state index is 15.2. The molecule has 10 rings (SSSR count). The summed E-state index contributed by atoms with van der Waals surface area (Å²) in [5.41, 5.74) is 2.26. The summed E-state index contributed by atoms with van der Waals surface area (Å²) >= 11 is 0. The number of carbonyl (C=O) groups excluding carboxylic acids is 4. The molecule has 71 heavy (non-hydrogen) atoms. The molecule has 16 nitrogen and oxygen atoms in total. The van der Waals surface area contributed by atoms with Gasteiger partial charge in [-0.25, -0.2) is 9.18 Å². The van der Waals surface area contributed by atoms with E-state index in [1.54, 1.807) is 50.2 Å². The van der Waals surface area contributed by atoms with Crippen LogP contribution in [0.25, 0.3) is 16.6 Å². The number of fused-ring (bicyclic) bond motifs is 1. The zero-order chi connectivity index (χ0) is 49.7. The van der Waals surface area contributed by atoms with Crippen molar-refractivity contribution < 1.29 is 23.6 Å². The highest BCUT2D eigenvalue weighted by atomic mass is 19.1. The second-order valence-electron chi connectivity index (χ2n) is 20.4. The molecule has 5 aromatic rings. The summed E-state index contributed by atoms with van der Waals surface area (Å²) in [6.45, 7) is 9.26. The summed E-state index contributed by atoms with van der Waals surface area (Å²) in [5.74, 6) is -1.09. The predicted molar refractivity (Wildman–Crippen MR) is 270 cm³/mol. The molecule has 5 heterocycles. The first-order chi connectivity index (χ1) is 34.2. The van der Waals surface area contributed by atoms with Crippen LogP contribution in [0, 0.1) is 37.4 Å². The number of hydrogen-bond acceptors (Lipinski definition) is 10. The van der Waals surface area contributed by atoms with Gasteiger partial charge < -0.3 is 20.4 Å². The average molecular weight is 968 g/mol. The van der Waals surface area contributed by atoms with Gasteiger partial charge in [0.1, 0.15) is 17.0 Å². The summed E-state index contributed by atoms with van der Waals surface area (Å²) < 4.78 is 19.0. The van der Waals surface area contributed by atoms with Crippen LogP contribution in [0.5, 0.6) is 0 Å². The lowest BCUT2D eigenvalue weighted by Crippen LogP contribution is -2.52. The van der Waals surface area contributed by atoms with Gasteiger partial charge >= 0.3 is 5.69 Å². The molecule has 2 saturated carbocycles. The van der Waals surface area contributed by atoms with Crippen molar-refractivity contribution >= 4 is 57.4 Å². The standard InChI is InChI=1S/C54H62FN9O7/c1-32-10-18-44(43(55)28-32)57-48-46-47(33(2)51(68)59(48)3)63(54(71)64(53(46)70)39-15-16-39)41-9-5-7-38(30-41)56-49(66)35-11-13-36(14-12-35)52(69)62-26-24-60(25-27-62)31-34-20-22-61(23-21-34)40-8-4-6-37(29-40)42-17-19-45(65)58-50(42)67/h4-10,18,28-30,34-36,39,42,57H,11-17,19-27,31H2,1-3H3,(H,56,66)(H,58,65,67). The van der Waals surface area contributed by atoms with Crippen LogP contribution < -0.4 is 37.7 Å². The second kappa shape index (κ2) is 19.7. The number of piperazine rings is 1. The average Bonchev–Trinajstić information content (AvgIpc) is 4.21. The van der Waals surface area contributed by atoms with Gasteiger partial charge in [0.15, 0.2) is 0 Å². The summed E-state index contributed by atoms with van der Waals surface area (Å²) in [5, 5.41) is 8.59. The van der Waals surface area contributed by atoms with Crippen molar-refractivity contribution in [2.75, 3.05) is 61.3 Å². The first kappa shape index (κ1) is 47.8. The van der Waals surface area contributed by atoms with Crippen molar-refractivity contribution in [1.29, 1.82) is 0 Å². The molecular weight excluding hydrogens is 906 g/mol. The van der Waals surface area contributed by atoms with Gasteiger partial charge in [0, 0.05) is 94.1 Å². The molecule has 4 amide bonds. The van der Waals surface area contributed by atoms with E-state index in [0.29, 0.717) is 87.3 Å². The normalized spacial score (nSPS) is 21.3. The number of nitrogens with one attached hydrogen (secondary N) is 3. The number of piperidine rings is 2. The van der Waals surface area contributed by atoms with Crippen molar-refractivity contribution in [2.45, 2.75) is 90.0 Å². The topological polar surface area (TPSA) is 180 Å². The third-order valence-corrected chi connectivity index (χ3v) is 15.6. The Morgan fingerprint density at radius 1 is 0.746 bits per heavy atom. The van der Waals surface area contributed by atoms with Crippen LogP contribution in [0.15, 0.2) is 81.1 Å². The molecule has 1 unspecified atom stereocenters. The van der Waals surface area contributed by atoms with E-state index in [0.717, 1.165) is 56.8 Å². The number of aromatic nitrogens is 3. The largest absolute Gasteiger partial charge is 0.372 e. The van der Waals surface area contributed by atoms with Crippen molar-refractivity contribution in [2.24, 2.45) is 24.8 Å². The SMILES string of the molecule is Cc1ccc(Nc2c3c(=O)n(C4CC4)c(=O)n(-c4cccc(NC(=O)C5CCC(C(=O)N6CCN(CC7CCN(c8cccc(C9CCC(=O)NC9=O)c8)CC7)CC6)CC5)c4)c3c(C)c(=O)n2C)c(F)c1. The number of aryl methyl sites for hydroxylation is 2. The molecule has 2 aromatic heterocycles. The third-order valence-electron chi connectivity index (χ3n) is 15.6. The van der Waals surface area contributed by atoms with Gasteiger partial charge in [-0.15, -0.1) is 0 Å². The quantitative estimate of drug-likeness (QED) is 0.133. The van der Waals surface area contributed by atoms with Crippen LogP contribution >= 0.6 is 0 Å². The molecule has 5 fully saturated rings. The fraction of sp³-hybridized carbons (Fsp3) is 0.463. The number of hydrogen-bond donors (Lipinski definition) is 3. The Morgan fingerprint density at radius 2 is 1.45 bits per heavy atom. The van der Waals surface area contributed by atoms with Crippen LogP contribution in [0.4, 0.5) is 27.3 Å². The van der Waals surface area contributed by atoms with Gasteiger partial charge in [-0.3, -0.25) is 52.7 Å². The maximum absolute atomic E-state index is 15.2. The number of amides is 4. The highest BCUT2D eigenvalue weighted by molar-refractivity contribution is 6.01. The van der Waals surface area contributed by atoms with Gasteiger partial charge in [-0.2, -0.15) is 0 Å². The fourth-order valence-corrected chi connectivity index (χ4v) is 11.4. The number of rotatable bonds is 11. The lowest BCUT2D eigenvalue weighted by Gasteiger charge is -2.40. The zero-order valence-electron chi connectivity index (χ0n) is 40.7. The first-order valence-electron chi connectivity index (χ1n) is 25.3. The van der Waals surface area contributed by atoms with E-state index in [4.69, 9.17) is 0 Å². The smallest absolute Gasteiger partial charge is 0.336 e. The van der Waals surface area contributed by atoms with Crippen LogP contribution in [0.3, 0.4) is 0 Å². The summed E-state index contributed by atoms with van der Waals surface area (Å²) in [4.78, 5) is 101. The number of carbonyl (C=O) groups is 4. The summed E-state index contributed by atoms with van der Waals surface area (Å²) in [6.07, 6.45) is 6.68. The first-order valence-corrected chi connectivity index (χ1v) is 25.3. The minimum atomic E-state index is -0.604. The van der Waals surface area contributed by atoms with Crippen LogP contribution in [0.2, 0.25) is 0 Å². The fourth-order valence-electron chi connectivity index (χ4n) is 11.4. The van der Waals surface area contributed by atoms with Gasteiger partial charge in [-0.05, 0) is 131 Å². The molecule has 3 aliphatic heterocycles. The minimum absolute atomic E-state index is 0.0609. The molecule has 3 saturated heterocycles. The summed E-state index contributed by atoms with van der Waals surface area (Å²) in [6, 6.07) is 19.3.